The van der Waals surface area contributed by atoms with Crippen molar-refractivity contribution in [2.75, 3.05) is 6.54 Å². The molecular formula is C6H11N3O2. The lowest BCUT2D eigenvalue weighted by Crippen LogP contribution is -2.46. The van der Waals surface area contributed by atoms with Crippen molar-refractivity contribution in [3.8, 4) is 0 Å². The van der Waals surface area contributed by atoms with Gasteiger partial charge >= 0.3 is 6.03 Å². The lowest BCUT2D eigenvalue weighted by molar-refractivity contribution is -0.121. The smallest absolute Gasteiger partial charge is 0.315 e. The molecule has 1 aliphatic heterocycles. The molecule has 1 atom stereocenters. The van der Waals surface area contributed by atoms with Crippen molar-refractivity contribution in [2.24, 2.45) is 11.5 Å². The molecule has 11 heavy (non-hydrogen) atoms. The molecule has 0 aromatic rings. The highest BCUT2D eigenvalue weighted by atomic mass is 16.2. The lowest BCUT2D eigenvalue weighted by Gasteiger charge is -2.18. The Kier molecular flexibility index (Phi) is 1.98. The van der Waals surface area contributed by atoms with Gasteiger partial charge in [-0.3, -0.25) is 4.79 Å². The second kappa shape index (κ2) is 2.77. The monoisotopic (exact) mass is 158 g/mol. The van der Waals surface area contributed by atoms with Gasteiger partial charge in [0.05, 0.1) is 0 Å². The summed E-state index contributed by atoms with van der Waals surface area (Å²) < 4.78 is 0. The van der Waals surface area contributed by atoms with Crippen LogP contribution in [0.25, 0.3) is 0 Å². The molecular weight excluding hydrogens is 147 g/mol. The SMILES string of the molecule is NC(=O)N1CCC[C@H]1C([15NH2])=O. The minimum absolute atomic E-state index is 0.471. The Morgan fingerprint density at radius 3 is 2.36 bits per heavy atom. The highest BCUT2D eigenvalue weighted by Crippen LogP contribution is 2.15. The summed E-state index contributed by atoms with van der Waals surface area (Å²) in [6, 6.07) is -1.04. The first-order valence-corrected chi connectivity index (χ1v) is 3.48. The normalized spacial score (nSPS) is 23.6. The van der Waals surface area contributed by atoms with Gasteiger partial charge in [0, 0.05) is 6.54 Å². The van der Waals surface area contributed by atoms with Gasteiger partial charge in [0.1, 0.15) is 6.04 Å². The van der Waals surface area contributed by atoms with Gasteiger partial charge < -0.3 is 16.4 Å². The molecule has 0 unspecified atom stereocenters. The summed E-state index contributed by atoms with van der Waals surface area (Å²) in [5, 5.41) is 0. The van der Waals surface area contributed by atoms with E-state index in [9.17, 15) is 9.59 Å². The summed E-state index contributed by atoms with van der Waals surface area (Å²) in [5.74, 6) is -0.471. The highest BCUT2D eigenvalue weighted by molar-refractivity contribution is 5.85. The van der Waals surface area contributed by atoms with Crippen LogP contribution in [0.5, 0.6) is 0 Å². The van der Waals surface area contributed by atoms with E-state index in [1.807, 2.05) is 0 Å². The van der Waals surface area contributed by atoms with Gasteiger partial charge in [-0.1, -0.05) is 0 Å². The molecule has 5 heteroatoms. The second-order valence-electron chi connectivity index (χ2n) is 2.59. The van der Waals surface area contributed by atoms with Crippen molar-refractivity contribution in [2.45, 2.75) is 18.9 Å². The topological polar surface area (TPSA) is 89.4 Å². The number of primary amides is 2. The zero-order chi connectivity index (χ0) is 8.43. The Morgan fingerprint density at radius 2 is 2.00 bits per heavy atom. The molecule has 1 aliphatic rings. The summed E-state index contributed by atoms with van der Waals surface area (Å²) in [6.45, 7) is 0.545. The molecule has 4 N–H and O–H groups in total. The van der Waals surface area contributed by atoms with Crippen LogP contribution in [0.1, 0.15) is 12.8 Å². The van der Waals surface area contributed by atoms with E-state index in [-0.39, 0.29) is 0 Å². The fourth-order valence-electron chi connectivity index (χ4n) is 1.33. The molecule has 0 saturated carbocycles. The van der Waals surface area contributed by atoms with E-state index in [1.54, 1.807) is 0 Å². The highest BCUT2D eigenvalue weighted by Gasteiger charge is 2.30. The van der Waals surface area contributed by atoms with Crippen LogP contribution in [0.3, 0.4) is 0 Å². The Morgan fingerprint density at radius 1 is 1.36 bits per heavy atom. The number of nitrogens with two attached hydrogens (primary N) is 2. The third-order valence-electron chi connectivity index (χ3n) is 1.86. The molecule has 1 fully saturated rings. The maximum absolute atomic E-state index is 10.7. The number of carbonyl (C=O) groups is 2. The van der Waals surface area contributed by atoms with Crippen molar-refractivity contribution >= 4 is 11.9 Å². The van der Waals surface area contributed by atoms with Gasteiger partial charge in [-0.15, -0.1) is 0 Å². The lowest BCUT2D eigenvalue weighted by atomic mass is 10.2. The molecule has 3 amide bonds. The van der Waals surface area contributed by atoms with E-state index >= 15 is 0 Å². The minimum atomic E-state index is -0.564. The largest absolute Gasteiger partial charge is 0.368 e. The summed E-state index contributed by atoms with van der Waals surface area (Å²) >= 11 is 0. The summed E-state index contributed by atoms with van der Waals surface area (Å²) in [5.41, 5.74) is 10.0. The average molecular weight is 158 g/mol. The van der Waals surface area contributed by atoms with Gasteiger partial charge in [0.2, 0.25) is 5.91 Å². The van der Waals surface area contributed by atoms with Crippen LogP contribution in [0.15, 0.2) is 0 Å². The van der Waals surface area contributed by atoms with Crippen molar-refractivity contribution in [3.63, 3.8) is 0 Å². The van der Waals surface area contributed by atoms with Crippen LogP contribution in [0, 0.1) is 0 Å². The number of rotatable bonds is 1. The number of carbonyl (C=O) groups excluding carboxylic acids is 2. The van der Waals surface area contributed by atoms with Gasteiger partial charge in [-0.2, -0.15) is 0 Å². The van der Waals surface area contributed by atoms with Crippen LogP contribution in [-0.2, 0) is 4.79 Å². The van der Waals surface area contributed by atoms with Crippen LogP contribution < -0.4 is 11.5 Å². The summed E-state index contributed by atoms with van der Waals surface area (Å²) in [4.78, 5) is 22.7. The number of likely N-dealkylation sites (tertiary alicyclic amines) is 1. The fourth-order valence-corrected chi connectivity index (χ4v) is 1.33. The molecule has 0 aliphatic carbocycles. The maximum atomic E-state index is 10.7. The zero-order valence-electron chi connectivity index (χ0n) is 6.12. The molecule has 0 spiro atoms. The first-order chi connectivity index (χ1) is 5.13. The van der Waals surface area contributed by atoms with E-state index in [4.69, 9.17) is 11.5 Å². The van der Waals surface area contributed by atoms with Crippen molar-refractivity contribution < 1.29 is 9.59 Å². The van der Waals surface area contributed by atoms with Crippen molar-refractivity contribution in [1.29, 1.82) is 0 Å². The van der Waals surface area contributed by atoms with E-state index < -0.39 is 18.0 Å². The molecule has 62 valence electrons. The first-order valence-electron chi connectivity index (χ1n) is 3.48. The van der Waals surface area contributed by atoms with E-state index in [0.29, 0.717) is 13.0 Å². The number of urea groups is 1. The first kappa shape index (κ1) is 7.84. The van der Waals surface area contributed by atoms with Crippen molar-refractivity contribution in [3.05, 3.63) is 0 Å². The van der Waals surface area contributed by atoms with Crippen LogP contribution in [0.2, 0.25) is 0 Å². The predicted molar refractivity (Wildman–Crippen MR) is 38.5 cm³/mol. The minimum Gasteiger partial charge on any atom is -0.368 e. The van der Waals surface area contributed by atoms with E-state index in [0.717, 1.165) is 6.42 Å². The fraction of sp³-hybridized carbons (Fsp3) is 0.667. The molecule has 0 radical (unpaired) electrons. The third-order valence-corrected chi connectivity index (χ3v) is 1.86. The zero-order valence-corrected chi connectivity index (χ0v) is 6.12. The molecule has 5 nitrogen and oxygen atoms in total. The summed E-state index contributed by atoms with van der Waals surface area (Å²) in [6.07, 6.45) is 1.44. The second-order valence-corrected chi connectivity index (χ2v) is 2.59. The molecule has 0 aromatic heterocycles. The van der Waals surface area contributed by atoms with Crippen LogP contribution >= 0.6 is 0 Å². The molecule has 1 heterocycles. The molecule has 1 saturated heterocycles. The number of hydrogen-bond acceptors (Lipinski definition) is 2. The van der Waals surface area contributed by atoms with Gasteiger partial charge in [0.15, 0.2) is 0 Å². The predicted octanol–water partition coefficient (Wildman–Crippen LogP) is -0.985. The maximum Gasteiger partial charge on any atom is 0.315 e. The van der Waals surface area contributed by atoms with Crippen LogP contribution in [-0.4, -0.2) is 29.4 Å². The quantitative estimate of drug-likeness (QED) is 0.480. The van der Waals surface area contributed by atoms with Gasteiger partial charge in [0.25, 0.3) is 0 Å². The van der Waals surface area contributed by atoms with Gasteiger partial charge in [-0.25, -0.2) is 4.79 Å². The van der Waals surface area contributed by atoms with E-state index in [2.05, 4.69) is 0 Å². The number of amides is 3. The standard InChI is InChI=1S/C6H11N3O2/c7-5(10)4-2-1-3-9(4)6(8)11/h4H,1-3H2,(H2,7,10)(H2,8,11)/t4-/m0/s1/i7+1. The van der Waals surface area contributed by atoms with Gasteiger partial charge in [-0.05, 0) is 12.8 Å². The molecule has 1 rings (SSSR count). The van der Waals surface area contributed by atoms with Crippen molar-refractivity contribution in [1.82, 2.24) is 4.90 Å². The summed E-state index contributed by atoms with van der Waals surface area (Å²) in [7, 11) is 0. The average Bonchev–Trinajstić information content (AvgIpc) is 2.32. The molecule has 0 bridgehead atoms. The number of nitrogens with zero attached hydrogens (tertiary/aromatic N) is 1. The van der Waals surface area contributed by atoms with Crippen LogP contribution in [0.4, 0.5) is 4.79 Å². The molecule has 0 aromatic carbocycles. The third kappa shape index (κ3) is 1.42. The Hall–Kier alpha value is -1.26. The van der Waals surface area contributed by atoms with E-state index in [1.165, 1.54) is 4.90 Å². The Bertz CT molecular complexity index is 172. The Labute approximate surface area is 64.3 Å². The number of hydrogen-bond donors (Lipinski definition) is 2. The Balaban J connectivity index is 2.65.